The minimum atomic E-state index is -0.377. The fourth-order valence-electron chi connectivity index (χ4n) is 5.87. The van der Waals surface area contributed by atoms with Crippen molar-refractivity contribution in [3.63, 3.8) is 0 Å². The number of benzene rings is 5. The van der Waals surface area contributed by atoms with Crippen LogP contribution in [0.2, 0.25) is 0 Å². The SMILES string of the molecule is O=C1c2ccccc2CC(c2ccc(C3Nc4ccccc4C(=O)N3c3ccccc3)cc2)N1c1ccccc1. The lowest BCUT2D eigenvalue weighted by atomic mass is 9.88. The second-order valence-electron chi connectivity index (χ2n) is 10.2. The summed E-state index contributed by atoms with van der Waals surface area (Å²) in [7, 11) is 0. The average molecular weight is 522 g/mol. The molecule has 0 saturated heterocycles. The van der Waals surface area contributed by atoms with Gasteiger partial charge in [-0.1, -0.05) is 91.0 Å². The molecule has 1 N–H and O–H groups in total. The van der Waals surface area contributed by atoms with Crippen LogP contribution in [0.25, 0.3) is 0 Å². The van der Waals surface area contributed by atoms with Crippen molar-refractivity contribution < 1.29 is 9.59 Å². The Labute approximate surface area is 233 Å². The van der Waals surface area contributed by atoms with E-state index in [0.717, 1.165) is 45.7 Å². The first-order chi connectivity index (χ1) is 19.7. The molecular formula is C35H27N3O2. The van der Waals surface area contributed by atoms with Crippen molar-refractivity contribution in [3.8, 4) is 0 Å². The largest absolute Gasteiger partial charge is 0.360 e. The standard InChI is InChI=1S/C35H27N3O2/c39-34-29-16-8-7-11-26(29)23-32(37(34)27-12-3-1-4-13-27)24-19-21-25(22-20-24)33-36-31-18-10-9-17-30(31)35(40)38(33)28-14-5-2-6-15-28/h1-22,32-33,36H,23H2. The zero-order chi connectivity index (χ0) is 27.1. The van der Waals surface area contributed by atoms with Crippen LogP contribution in [0.15, 0.2) is 133 Å². The fourth-order valence-corrected chi connectivity index (χ4v) is 5.87. The fraction of sp³-hybridized carbons (Fsp3) is 0.0857. The smallest absolute Gasteiger partial charge is 0.262 e. The molecule has 7 rings (SSSR count). The molecule has 2 aliphatic rings. The number of nitrogens with one attached hydrogen (secondary N) is 1. The Bertz CT molecular complexity index is 1570. The highest BCUT2D eigenvalue weighted by Gasteiger charge is 2.36. The van der Waals surface area contributed by atoms with Crippen LogP contribution in [-0.4, -0.2) is 11.8 Å². The van der Waals surface area contributed by atoms with E-state index in [1.54, 1.807) is 0 Å². The third kappa shape index (κ3) is 4.03. The number of para-hydroxylation sites is 3. The Morgan fingerprint density at radius 2 is 1.05 bits per heavy atom. The first-order valence-electron chi connectivity index (χ1n) is 13.5. The van der Waals surface area contributed by atoms with Crippen LogP contribution < -0.4 is 15.1 Å². The zero-order valence-electron chi connectivity index (χ0n) is 21.8. The van der Waals surface area contributed by atoms with E-state index in [0.29, 0.717) is 5.56 Å². The van der Waals surface area contributed by atoms with E-state index in [-0.39, 0.29) is 24.0 Å². The van der Waals surface area contributed by atoms with E-state index < -0.39 is 0 Å². The Kier molecular flexibility index (Phi) is 5.90. The number of hydrogen-bond acceptors (Lipinski definition) is 3. The maximum absolute atomic E-state index is 13.7. The summed E-state index contributed by atoms with van der Waals surface area (Å²) in [4.78, 5) is 31.2. The van der Waals surface area contributed by atoms with Gasteiger partial charge >= 0.3 is 0 Å². The molecule has 2 unspecified atom stereocenters. The minimum Gasteiger partial charge on any atom is -0.360 e. The summed E-state index contributed by atoms with van der Waals surface area (Å²) in [5.41, 5.74) is 6.99. The van der Waals surface area contributed by atoms with E-state index in [9.17, 15) is 9.59 Å². The van der Waals surface area contributed by atoms with Crippen LogP contribution in [0.3, 0.4) is 0 Å². The van der Waals surface area contributed by atoms with Gasteiger partial charge in [-0.05, 0) is 65.6 Å². The van der Waals surface area contributed by atoms with E-state index >= 15 is 0 Å². The van der Waals surface area contributed by atoms with Crippen molar-refractivity contribution in [1.82, 2.24) is 0 Å². The van der Waals surface area contributed by atoms with Crippen LogP contribution >= 0.6 is 0 Å². The summed E-state index contributed by atoms with van der Waals surface area (Å²) >= 11 is 0. The highest BCUT2D eigenvalue weighted by atomic mass is 16.2. The number of carbonyl (C=O) groups is 2. The molecule has 2 atom stereocenters. The van der Waals surface area contributed by atoms with Crippen molar-refractivity contribution in [2.24, 2.45) is 0 Å². The van der Waals surface area contributed by atoms with Crippen molar-refractivity contribution in [2.45, 2.75) is 18.6 Å². The normalized spacial score (nSPS) is 18.1. The summed E-state index contributed by atoms with van der Waals surface area (Å²) in [5, 5.41) is 3.59. The van der Waals surface area contributed by atoms with Gasteiger partial charge in [-0.25, -0.2) is 0 Å². The monoisotopic (exact) mass is 521 g/mol. The molecule has 0 spiro atoms. The van der Waals surface area contributed by atoms with Crippen molar-refractivity contribution in [2.75, 3.05) is 15.1 Å². The molecule has 2 aliphatic heterocycles. The van der Waals surface area contributed by atoms with Gasteiger partial charge < -0.3 is 10.2 Å². The maximum atomic E-state index is 13.7. The van der Waals surface area contributed by atoms with Crippen LogP contribution in [0.4, 0.5) is 17.1 Å². The predicted octanol–water partition coefficient (Wildman–Crippen LogP) is 7.40. The van der Waals surface area contributed by atoms with E-state index in [2.05, 4.69) is 29.6 Å². The zero-order valence-corrected chi connectivity index (χ0v) is 21.8. The van der Waals surface area contributed by atoms with Gasteiger partial charge in [-0.15, -0.1) is 0 Å². The maximum Gasteiger partial charge on any atom is 0.262 e. The third-order valence-electron chi connectivity index (χ3n) is 7.82. The number of amides is 2. The molecular weight excluding hydrogens is 494 g/mol. The molecule has 2 heterocycles. The highest BCUT2D eigenvalue weighted by Crippen LogP contribution is 2.39. The predicted molar refractivity (Wildman–Crippen MR) is 159 cm³/mol. The molecule has 5 aromatic rings. The van der Waals surface area contributed by atoms with Gasteiger partial charge in [-0.3, -0.25) is 14.5 Å². The molecule has 0 fully saturated rings. The van der Waals surface area contributed by atoms with Crippen LogP contribution in [-0.2, 0) is 6.42 Å². The number of rotatable bonds is 4. The van der Waals surface area contributed by atoms with Crippen LogP contribution in [0.5, 0.6) is 0 Å². The molecule has 0 aromatic heterocycles. The number of nitrogens with zero attached hydrogens (tertiary/aromatic N) is 2. The molecule has 0 saturated carbocycles. The van der Waals surface area contributed by atoms with Crippen LogP contribution in [0.1, 0.15) is 49.6 Å². The molecule has 2 amide bonds. The molecule has 5 heteroatoms. The Hall–Kier alpha value is -5.16. The van der Waals surface area contributed by atoms with E-state index in [1.165, 1.54) is 0 Å². The Balaban J connectivity index is 1.28. The van der Waals surface area contributed by atoms with Crippen molar-refractivity contribution in [3.05, 3.63) is 161 Å². The van der Waals surface area contributed by atoms with Gasteiger partial charge in [0.25, 0.3) is 11.8 Å². The van der Waals surface area contributed by atoms with Gasteiger partial charge in [0.1, 0.15) is 6.17 Å². The third-order valence-corrected chi connectivity index (χ3v) is 7.82. The van der Waals surface area contributed by atoms with Crippen molar-refractivity contribution in [1.29, 1.82) is 0 Å². The summed E-state index contributed by atoms with van der Waals surface area (Å²) in [6.45, 7) is 0. The summed E-state index contributed by atoms with van der Waals surface area (Å²) in [5.74, 6) is -0.0344. The topological polar surface area (TPSA) is 52.7 Å². The molecule has 0 aliphatic carbocycles. The first-order valence-corrected chi connectivity index (χ1v) is 13.5. The second kappa shape index (κ2) is 9.86. The molecule has 40 heavy (non-hydrogen) atoms. The molecule has 5 aromatic carbocycles. The Morgan fingerprint density at radius 1 is 0.525 bits per heavy atom. The van der Waals surface area contributed by atoms with Gasteiger partial charge in [-0.2, -0.15) is 0 Å². The number of carbonyl (C=O) groups excluding carboxylic acids is 2. The van der Waals surface area contributed by atoms with Gasteiger partial charge in [0.15, 0.2) is 0 Å². The lowest BCUT2D eigenvalue weighted by Gasteiger charge is -2.39. The lowest BCUT2D eigenvalue weighted by molar-refractivity contribution is 0.0961. The van der Waals surface area contributed by atoms with Gasteiger partial charge in [0.05, 0.1) is 11.6 Å². The quantitative estimate of drug-likeness (QED) is 0.268. The first kappa shape index (κ1) is 23.9. The van der Waals surface area contributed by atoms with E-state index in [1.807, 2.05) is 119 Å². The number of anilines is 3. The Morgan fingerprint density at radius 3 is 1.75 bits per heavy atom. The van der Waals surface area contributed by atoms with Crippen LogP contribution in [0, 0.1) is 0 Å². The van der Waals surface area contributed by atoms with E-state index in [4.69, 9.17) is 0 Å². The van der Waals surface area contributed by atoms with Gasteiger partial charge in [0.2, 0.25) is 0 Å². The summed E-state index contributed by atoms with van der Waals surface area (Å²) in [6, 6.07) is 43.3. The lowest BCUT2D eigenvalue weighted by Crippen LogP contribution is -2.43. The summed E-state index contributed by atoms with van der Waals surface area (Å²) in [6.07, 6.45) is 0.345. The highest BCUT2D eigenvalue weighted by molar-refractivity contribution is 6.12. The summed E-state index contributed by atoms with van der Waals surface area (Å²) < 4.78 is 0. The molecule has 5 nitrogen and oxygen atoms in total. The average Bonchev–Trinajstić information content (AvgIpc) is 3.02. The second-order valence-corrected chi connectivity index (χ2v) is 10.2. The van der Waals surface area contributed by atoms with Gasteiger partial charge in [0, 0.05) is 22.6 Å². The number of hydrogen-bond donors (Lipinski definition) is 1. The van der Waals surface area contributed by atoms with Crippen molar-refractivity contribution >= 4 is 28.9 Å². The number of fused-ring (bicyclic) bond motifs is 2. The molecule has 0 radical (unpaired) electrons. The molecule has 0 bridgehead atoms. The molecule has 194 valence electrons. The minimum absolute atomic E-state index is 0.00790.